The summed E-state index contributed by atoms with van der Waals surface area (Å²) in [5, 5.41) is 45.9. The first-order valence-corrected chi connectivity index (χ1v) is 26.1. The SMILES string of the molecule is CSCC[C@H](NC(=O)[C@H](C)N)C(=O)N[C@@H](Cc1ccccc1)C(=O)N[C@@H](CCC(N)=O)C(=O)N[C@@H](CC(=O)O)C(=O)N1CCC[C@H]1C(=O)N[C@@H](CCC(N)=O)C(=O)N[C@@H](CCC(=O)O)C(=O)N[C@@H](CCCN=C(N)N)C(=O)O. The summed E-state index contributed by atoms with van der Waals surface area (Å²) < 4.78 is 0. The Bertz CT molecular complexity index is 2340. The van der Waals surface area contributed by atoms with Gasteiger partial charge in [0.15, 0.2) is 5.96 Å². The van der Waals surface area contributed by atoms with Crippen molar-refractivity contribution >= 4 is 94.7 Å². The van der Waals surface area contributed by atoms with Crippen LogP contribution in [0, 0.1) is 0 Å². The van der Waals surface area contributed by atoms with Crippen molar-refractivity contribution in [1.29, 1.82) is 0 Å². The molecule has 2 rings (SSSR count). The van der Waals surface area contributed by atoms with Gasteiger partial charge in [-0.25, -0.2) is 4.79 Å². The molecule has 1 aromatic rings. The second kappa shape index (κ2) is 33.8. The Morgan fingerprint density at radius 3 is 1.58 bits per heavy atom. The van der Waals surface area contributed by atoms with Crippen LogP contribution in [-0.4, -0.2) is 183 Å². The number of carbonyl (C=O) groups excluding carboxylic acids is 10. The molecule has 1 fully saturated rings. The number of likely N-dealkylation sites (tertiary alicyclic amines) is 1. The van der Waals surface area contributed by atoms with E-state index in [-0.39, 0.29) is 57.6 Å². The highest BCUT2D eigenvalue weighted by molar-refractivity contribution is 7.98. The standard InChI is InChI=1S/C47H72N14O16S/c1-24(48)38(68)54-29(18-21-78-2)42(72)59-31(22-25-8-4-3-5-9-25)43(73)56-26(12-15-34(49)62)41(71)60-32(23-37(66)67)45(75)61-20-7-11-33(61)44(74)57-27(13-16-35(50)63)39(69)55-28(14-17-36(64)65)40(70)58-30(46(76)77)10-6-19-53-47(51)52/h3-5,8-9,24,26-33H,6-7,10-23,48H2,1-2H3,(H2,49,62)(H2,50,63)(H,54,68)(H,55,69)(H,56,73)(H,57,74)(H,58,70)(H,59,72)(H,60,71)(H,64,65)(H,66,67)(H,76,77)(H4,51,52,53)/t24-,26-,27-,28-,29-,30-,31-,32-,33-/m0/s1. The van der Waals surface area contributed by atoms with Crippen molar-refractivity contribution in [2.75, 3.05) is 25.1 Å². The van der Waals surface area contributed by atoms with Crippen LogP contribution in [0.5, 0.6) is 0 Å². The van der Waals surface area contributed by atoms with E-state index >= 15 is 0 Å². The van der Waals surface area contributed by atoms with Crippen LogP contribution in [0.15, 0.2) is 35.3 Å². The van der Waals surface area contributed by atoms with Crippen molar-refractivity contribution in [2.45, 2.75) is 145 Å². The van der Waals surface area contributed by atoms with Crippen LogP contribution in [0.1, 0.15) is 89.5 Å². The third-order valence-corrected chi connectivity index (χ3v) is 12.5. The summed E-state index contributed by atoms with van der Waals surface area (Å²) in [4.78, 5) is 174. The summed E-state index contributed by atoms with van der Waals surface area (Å²) in [7, 11) is 0. The van der Waals surface area contributed by atoms with Gasteiger partial charge in [0.2, 0.25) is 59.1 Å². The average molecular weight is 1120 g/mol. The number of rotatable bonds is 36. The van der Waals surface area contributed by atoms with E-state index in [1.165, 1.54) is 18.7 Å². The number of benzene rings is 1. The molecule has 0 unspecified atom stereocenters. The Labute approximate surface area is 452 Å². The van der Waals surface area contributed by atoms with Gasteiger partial charge in [-0.05, 0) is 75.9 Å². The zero-order valence-corrected chi connectivity index (χ0v) is 44.1. The summed E-state index contributed by atoms with van der Waals surface area (Å²) in [6, 6.07) is -5.27. The number of hydrogen-bond donors (Lipinski definition) is 15. The number of guanidine groups is 1. The molecule has 1 aromatic carbocycles. The molecule has 30 nitrogen and oxygen atoms in total. The number of nitrogens with one attached hydrogen (secondary N) is 7. The molecule has 1 aliphatic rings. The summed E-state index contributed by atoms with van der Waals surface area (Å²) >= 11 is 1.38. The highest BCUT2D eigenvalue weighted by Gasteiger charge is 2.41. The minimum absolute atomic E-state index is 0.0000525. The van der Waals surface area contributed by atoms with Gasteiger partial charge in [-0.15, -0.1) is 0 Å². The molecular formula is C47H72N14O16S. The molecule has 0 saturated carbocycles. The maximum atomic E-state index is 14.3. The van der Waals surface area contributed by atoms with Gasteiger partial charge in [0.1, 0.15) is 48.3 Å². The molecule has 0 bridgehead atoms. The van der Waals surface area contributed by atoms with Crippen LogP contribution >= 0.6 is 11.8 Å². The summed E-state index contributed by atoms with van der Waals surface area (Å²) in [5.41, 5.74) is 27.6. The van der Waals surface area contributed by atoms with Crippen molar-refractivity contribution in [3.05, 3.63) is 35.9 Å². The number of nitrogens with zero attached hydrogens (tertiary/aromatic N) is 2. The molecule has 0 spiro atoms. The van der Waals surface area contributed by atoms with Crippen LogP contribution in [0.25, 0.3) is 0 Å². The number of aliphatic carboxylic acids is 3. The smallest absolute Gasteiger partial charge is 0.326 e. The number of hydrogen-bond acceptors (Lipinski definition) is 16. The summed E-state index contributed by atoms with van der Waals surface area (Å²) in [6.45, 7) is 1.22. The molecule has 1 aliphatic heterocycles. The fraction of sp³-hybridized carbons (Fsp3) is 0.574. The normalized spacial score (nSPS) is 15.9. The Balaban J connectivity index is 2.44. The maximum Gasteiger partial charge on any atom is 0.326 e. The van der Waals surface area contributed by atoms with E-state index in [0.29, 0.717) is 11.3 Å². The first kappa shape index (κ1) is 66.0. The Hall–Kier alpha value is -8.09. The number of nitrogens with two attached hydrogens (primary N) is 5. The summed E-state index contributed by atoms with van der Waals surface area (Å²) in [5.74, 6) is -14.2. The van der Waals surface area contributed by atoms with Gasteiger partial charge in [-0.2, -0.15) is 11.8 Å². The third kappa shape index (κ3) is 24.3. The van der Waals surface area contributed by atoms with Crippen LogP contribution < -0.4 is 65.9 Å². The second-order valence-corrected chi connectivity index (χ2v) is 19.2. The van der Waals surface area contributed by atoms with Crippen molar-refractivity contribution in [2.24, 2.45) is 33.7 Å². The highest BCUT2D eigenvalue weighted by Crippen LogP contribution is 2.21. The van der Waals surface area contributed by atoms with Crippen LogP contribution in [-0.2, 0) is 68.7 Å². The quantitative estimate of drug-likeness (QED) is 0.0170. The topological polar surface area (TPSA) is 513 Å². The van der Waals surface area contributed by atoms with Crippen molar-refractivity contribution in [1.82, 2.24) is 42.1 Å². The maximum absolute atomic E-state index is 14.3. The van der Waals surface area contributed by atoms with E-state index in [1.54, 1.807) is 36.6 Å². The fourth-order valence-electron chi connectivity index (χ4n) is 7.78. The lowest BCUT2D eigenvalue weighted by atomic mass is 10.0. The van der Waals surface area contributed by atoms with Gasteiger partial charge >= 0.3 is 17.9 Å². The molecule has 20 N–H and O–H groups in total. The molecule has 78 heavy (non-hydrogen) atoms. The zero-order valence-electron chi connectivity index (χ0n) is 43.2. The minimum Gasteiger partial charge on any atom is -0.481 e. The molecule has 10 amide bonds. The molecule has 9 atom stereocenters. The number of aliphatic imine (C=N–C) groups is 1. The largest absolute Gasteiger partial charge is 0.481 e. The number of primary amides is 2. The van der Waals surface area contributed by atoms with Crippen LogP contribution in [0.3, 0.4) is 0 Å². The average Bonchev–Trinajstić information content (AvgIpc) is 3.86. The Morgan fingerprint density at radius 2 is 1.09 bits per heavy atom. The number of carboxylic acids is 3. The van der Waals surface area contributed by atoms with Gasteiger partial charge in [-0.3, -0.25) is 62.5 Å². The van der Waals surface area contributed by atoms with E-state index < -0.39 is 176 Å². The van der Waals surface area contributed by atoms with Gasteiger partial charge < -0.3 is 86.1 Å². The molecule has 432 valence electrons. The predicted octanol–water partition coefficient (Wildman–Crippen LogP) is -5.28. The predicted molar refractivity (Wildman–Crippen MR) is 279 cm³/mol. The van der Waals surface area contributed by atoms with Crippen molar-refractivity contribution < 1.29 is 77.6 Å². The second-order valence-electron chi connectivity index (χ2n) is 18.2. The van der Waals surface area contributed by atoms with Gasteiger partial charge in [-0.1, -0.05) is 30.3 Å². The molecule has 0 aliphatic carbocycles. The molecule has 0 aromatic heterocycles. The Morgan fingerprint density at radius 1 is 0.615 bits per heavy atom. The lowest BCUT2D eigenvalue weighted by molar-refractivity contribution is -0.146. The minimum atomic E-state index is -1.94. The van der Waals surface area contributed by atoms with Crippen molar-refractivity contribution in [3.8, 4) is 0 Å². The van der Waals surface area contributed by atoms with E-state index in [4.69, 9.17) is 28.7 Å². The van der Waals surface area contributed by atoms with Crippen LogP contribution in [0.2, 0.25) is 0 Å². The monoisotopic (exact) mass is 1120 g/mol. The van der Waals surface area contributed by atoms with E-state index in [1.807, 2.05) is 0 Å². The van der Waals surface area contributed by atoms with E-state index in [2.05, 4.69) is 42.2 Å². The van der Waals surface area contributed by atoms with Gasteiger partial charge in [0, 0.05) is 38.8 Å². The molecular weight excluding hydrogens is 1050 g/mol. The zero-order chi connectivity index (χ0) is 58.6. The lowest BCUT2D eigenvalue weighted by Crippen LogP contribution is -2.60. The number of carboxylic acid groups (broad SMARTS) is 3. The number of carbonyl (C=O) groups is 13. The van der Waals surface area contributed by atoms with Crippen LogP contribution in [0.4, 0.5) is 0 Å². The summed E-state index contributed by atoms with van der Waals surface area (Å²) in [6.07, 6.45) is -2.69. The first-order valence-electron chi connectivity index (χ1n) is 24.7. The Kier molecular flexibility index (Phi) is 28.6. The molecule has 1 saturated heterocycles. The molecule has 31 heteroatoms. The molecule has 0 radical (unpaired) electrons. The first-order chi connectivity index (χ1) is 36.7. The number of amides is 10. The highest BCUT2D eigenvalue weighted by atomic mass is 32.2. The number of thioether (sulfide) groups is 1. The fourth-order valence-corrected chi connectivity index (χ4v) is 8.25. The van der Waals surface area contributed by atoms with E-state index in [0.717, 1.165) is 4.90 Å². The molecule has 1 heterocycles. The van der Waals surface area contributed by atoms with Crippen molar-refractivity contribution in [3.63, 3.8) is 0 Å². The van der Waals surface area contributed by atoms with Gasteiger partial charge in [0.25, 0.3) is 0 Å². The van der Waals surface area contributed by atoms with E-state index in [9.17, 15) is 77.6 Å². The van der Waals surface area contributed by atoms with Gasteiger partial charge in [0.05, 0.1) is 12.5 Å². The lowest BCUT2D eigenvalue weighted by Gasteiger charge is -2.30. The third-order valence-electron chi connectivity index (χ3n) is 11.9.